The van der Waals surface area contributed by atoms with Crippen molar-refractivity contribution in [2.24, 2.45) is 0 Å². The maximum Gasteiger partial charge on any atom is 0.269 e. The van der Waals surface area contributed by atoms with Gasteiger partial charge in [-0.3, -0.25) is 15.0 Å². The van der Waals surface area contributed by atoms with Gasteiger partial charge in [0, 0.05) is 16.9 Å². The zero-order valence-electron chi connectivity index (χ0n) is 15.0. The first-order valence-electron chi connectivity index (χ1n) is 7.94. The Hall–Kier alpha value is -3.55. The van der Waals surface area contributed by atoms with Crippen molar-refractivity contribution in [3.05, 3.63) is 66.1 Å². The largest absolute Gasteiger partial charge is 0.493 e. The van der Waals surface area contributed by atoms with Crippen LogP contribution in [0.3, 0.4) is 0 Å². The lowest BCUT2D eigenvalue weighted by atomic mass is 10.2. The number of rotatable bonds is 8. The molecule has 0 saturated heterocycles. The number of nitrogens with one attached hydrogen (secondary N) is 3. The molecule has 27 heavy (non-hydrogen) atoms. The van der Waals surface area contributed by atoms with Gasteiger partial charge in [-0.05, 0) is 42.5 Å². The van der Waals surface area contributed by atoms with Crippen molar-refractivity contribution in [3.8, 4) is 11.5 Å². The molecule has 0 spiro atoms. The molecule has 0 aliphatic heterocycles. The molecule has 2 amide bonds. The Morgan fingerprint density at radius 1 is 1.00 bits per heavy atom. The predicted octanol–water partition coefficient (Wildman–Crippen LogP) is 2.62. The van der Waals surface area contributed by atoms with E-state index < -0.39 is 11.7 Å². The average Bonchev–Trinajstić information content (AvgIpc) is 2.67. The molecule has 3 N–H and O–H groups in total. The summed E-state index contributed by atoms with van der Waals surface area (Å²) in [4.78, 5) is 24.1. The number of halogens is 1. The maximum atomic E-state index is 12.8. The van der Waals surface area contributed by atoms with Gasteiger partial charge in [0.05, 0.1) is 20.6 Å². The highest BCUT2D eigenvalue weighted by Crippen LogP contribution is 2.27. The third-order valence-electron chi connectivity index (χ3n) is 3.50. The minimum Gasteiger partial charge on any atom is -0.493 e. The van der Waals surface area contributed by atoms with E-state index in [0.29, 0.717) is 22.7 Å². The second-order valence-electron chi connectivity index (χ2n) is 5.48. The molecule has 0 bridgehead atoms. The van der Waals surface area contributed by atoms with Crippen molar-refractivity contribution >= 4 is 17.5 Å². The molecule has 2 aromatic rings. The lowest BCUT2D eigenvalue weighted by Gasteiger charge is -2.13. The van der Waals surface area contributed by atoms with Gasteiger partial charge in [-0.2, -0.15) is 0 Å². The average molecular weight is 373 g/mol. The molecule has 8 heteroatoms. The Kier molecular flexibility index (Phi) is 6.76. The smallest absolute Gasteiger partial charge is 0.269 e. The number of hydrogen-bond donors (Lipinski definition) is 3. The van der Waals surface area contributed by atoms with E-state index in [-0.39, 0.29) is 18.0 Å². The zero-order valence-corrected chi connectivity index (χ0v) is 15.0. The van der Waals surface area contributed by atoms with Gasteiger partial charge in [-0.25, -0.2) is 4.39 Å². The van der Waals surface area contributed by atoms with Crippen LogP contribution >= 0.6 is 0 Å². The van der Waals surface area contributed by atoms with Gasteiger partial charge in [-0.1, -0.05) is 6.58 Å². The summed E-state index contributed by atoms with van der Waals surface area (Å²) >= 11 is 0. The Bertz CT molecular complexity index is 837. The van der Waals surface area contributed by atoms with Crippen LogP contribution in [0.15, 0.2) is 54.7 Å². The van der Waals surface area contributed by atoms with Crippen LogP contribution in [-0.4, -0.2) is 26.0 Å². The van der Waals surface area contributed by atoms with E-state index in [1.165, 1.54) is 44.6 Å². The number of benzene rings is 2. The minimum absolute atomic E-state index is 0.0798. The van der Waals surface area contributed by atoms with E-state index >= 15 is 0 Å². The summed E-state index contributed by atoms with van der Waals surface area (Å²) in [5.74, 6) is -0.265. The fourth-order valence-corrected chi connectivity index (χ4v) is 2.17. The summed E-state index contributed by atoms with van der Waals surface area (Å²) in [7, 11) is 2.97. The van der Waals surface area contributed by atoms with E-state index in [1.54, 1.807) is 12.1 Å². The van der Waals surface area contributed by atoms with Crippen molar-refractivity contribution in [1.29, 1.82) is 0 Å². The molecule has 0 aromatic heterocycles. The number of carbonyl (C=O) groups is 2. The van der Waals surface area contributed by atoms with Crippen LogP contribution in [0.5, 0.6) is 11.5 Å². The lowest BCUT2D eigenvalue weighted by molar-refractivity contribution is -0.115. The normalized spacial score (nSPS) is 9.89. The molecule has 142 valence electrons. The quantitative estimate of drug-likeness (QED) is 0.619. The van der Waals surface area contributed by atoms with Crippen LogP contribution in [0.4, 0.5) is 10.1 Å². The lowest BCUT2D eigenvalue weighted by Crippen LogP contribution is -2.37. The summed E-state index contributed by atoms with van der Waals surface area (Å²) in [6.45, 7) is 3.69. The summed E-state index contributed by atoms with van der Waals surface area (Å²) in [5, 5.41) is 2.60. The van der Waals surface area contributed by atoms with Gasteiger partial charge >= 0.3 is 0 Å². The van der Waals surface area contributed by atoms with Crippen LogP contribution < -0.4 is 25.6 Å². The number of methoxy groups -OCH3 is 2. The summed E-state index contributed by atoms with van der Waals surface area (Å²) in [6.07, 6.45) is -0.0798. The van der Waals surface area contributed by atoms with Gasteiger partial charge in [-0.15, -0.1) is 0 Å². The third-order valence-corrected chi connectivity index (χ3v) is 3.50. The van der Waals surface area contributed by atoms with Gasteiger partial charge in [0.2, 0.25) is 5.91 Å². The molecule has 7 nitrogen and oxygen atoms in total. The SMILES string of the molecule is C=C(CC(=O)Nc1ccc(F)cc1)NNC(=O)c1ccc(OC)c(OC)c1. The first-order chi connectivity index (χ1) is 12.9. The fourth-order valence-electron chi connectivity index (χ4n) is 2.17. The molecular weight excluding hydrogens is 353 g/mol. The molecule has 0 aliphatic carbocycles. The molecular formula is C19H20FN3O4. The highest BCUT2D eigenvalue weighted by molar-refractivity contribution is 5.95. The number of anilines is 1. The number of carbonyl (C=O) groups excluding carboxylic acids is 2. The van der Waals surface area contributed by atoms with E-state index in [0.717, 1.165) is 0 Å². The van der Waals surface area contributed by atoms with Crippen molar-refractivity contribution in [2.75, 3.05) is 19.5 Å². The predicted molar refractivity (Wildman–Crippen MR) is 98.9 cm³/mol. The van der Waals surface area contributed by atoms with Crippen LogP contribution in [0, 0.1) is 5.82 Å². The van der Waals surface area contributed by atoms with Gasteiger partial charge in [0.1, 0.15) is 5.82 Å². The second kappa shape index (κ2) is 9.23. The van der Waals surface area contributed by atoms with Crippen LogP contribution in [0.2, 0.25) is 0 Å². The molecule has 2 rings (SSSR count). The first kappa shape index (κ1) is 19.8. The zero-order chi connectivity index (χ0) is 19.8. The standard InChI is InChI=1S/C19H20FN3O4/c1-12(10-18(24)21-15-7-5-14(20)6-8-15)22-23-19(25)13-4-9-16(26-2)17(11-13)27-3/h4-9,11,22H,1,10H2,2-3H3,(H,21,24)(H,23,25). The van der Waals surface area contributed by atoms with E-state index in [9.17, 15) is 14.0 Å². The summed E-state index contributed by atoms with van der Waals surface area (Å²) in [5.41, 5.74) is 6.11. The van der Waals surface area contributed by atoms with E-state index in [1.807, 2.05) is 0 Å². The monoisotopic (exact) mass is 373 g/mol. The molecule has 0 unspecified atom stereocenters. The molecule has 0 aliphatic rings. The third kappa shape index (κ3) is 5.74. The highest BCUT2D eigenvalue weighted by Gasteiger charge is 2.11. The van der Waals surface area contributed by atoms with Gasteiger partial charge < -0.3 is 20.2 Å². The number of hydrogen-bond acceptors (Lipinski definition) is 5. The summed E-state index contributed by atoms with van der Waals surface area (Å²) < 4.78 is 23.1. The maximum absolute atomic E-state index is 12.8. The Balaban J connectivity index is 1.84. The number of hydrazine groups is 1. The number of ether oxygens (including phenoxy) is 2. The Morgan fingerprint density at radius 2 is 1.67 bits per heavy atom. The van der Waals surface area contributed by atoms with E-state index in [4.69, 9.17) is 9.47 Å². The van der Waals surface area contributed by atoms with Gasteiger partial charge in [0.15, 0.2) is 11.5 Å². The van der Waals surface area contributed by atoms with Crippen molar-refractivity contribution in [1.82, 2.24) is 10.9 Å². The number of amides is 2. The van der Waals surface area contributed by atoms with Gasteiger partial charge in [0.25, 0.3) is 5.91 Å². The molecule has 2 aromatic carbocycles. The van der Waals surface area contributed by atoms with Crippen LogP contribution in [-0.2, 0) is 4.79 Å². The van der Waals surface area contributed by atoms with Crippen molar-refractivity contribution in [2.45, 2.75) is 6.42 Å². The topological polar surface area (TPSA) is 88.7 Å². The molecule has 0 saturated carbocycles. The van der Waals surface area contributed by atoms with Crippen molar-refractivity contribution in [3.63, 3.8) is 0 Å². The molecule has 0 fully saturated rings. The van der Waals surface area contributed by atoms with Crippen molar-refractivity contribution < 1.29 is 23.5 Å². The van der Waals surface area contributed by atoms with Crippen LogP contribution in [0.25, 0.3) is 0 Å². The molecule has 0 radical (unpaired) electrons. The van der Waals surface area contributed by atoms with E-state index in [2.05, 4.69) is 22.7 Å². The second-order valence-corrected chi connectivity index (χ2v) is 5.48. The highest BCUT2D eigenvalue weighted by atomic mass is 19.1. The Labute approximate surface area is 156 Å². The fraction of sp³-hybridized carbons (Fsp3) is 0.158. The summed E-state index contributed by atoms with van der Waals surface area (Å²) in [6, 6.07) is 10.1. The first-order valence-corrected chi connectivity index (χ1v) is 7.94. The molecule has 0 atom stereocenters. The molecule has 0 heterocycles. The minimum atomic E-state index is -0.434. The van der Waals surface area contributed by atoms with Crippen LogP contribution in [0.1, 0.15) is 16.8 Å². The Morgan fingerprint density at radius 3 is 2.30 bits per heavy atom.